The number of carbonyl (C=O) groups is 1. The van der Waals surface area contributed by atoms with Gasteiger partial charge in [-0.05, 0) is 43.4 Å². The summed E-state index contributed by atoms with van der Waals surface area (Å²) < 4.78 is 1.98. The molecule has 24 heavy (non-hydrogen) atoms. The van der Waals surface area contributed by atoms with Crippen molar-refractivity contribution in [2.45, 2.75) is 65.0 Å². The predicted octanol–water partition coefficient (Wildman–Crippen LogP) is 2.54. The largest absolute Gasteiger partial charge is 0.388 e. The number of carbonyl (C=O) groups excluding carboxylic acids is 1. The van der Waals surface area contributed by atoms with Crippen LogP contribution in [-0.2, 0) is 6.54 Å². The average Bonchev–Trinajstić information content (AvgIpc) is 3.02. The monoisotopic (exact) mass is 336 g/mol. The van der Waals surface area contributed by atoms with Gasteiger partial charge in [-0.2, -0.15) is 0 Å². The third-order valence-corrected chi connectivity index (χ3v) is 5.16. The van der Waals surface area contributed by atoms with Gasteiger partial charge in [-0.15, -0.1) is 0 Å². The lowest BCUT2D eigenvalue weighted by atomic mass is 9.68. The number of imidazole rings is 1. The number of aliphatic hydroxyl groups is 1. The highest BCUT2D eigenvalue weighted by Crippen LogP contribution is 2.41. The first-order valence-electron chi connectivity index (χ1n) is 8.98. The van der Waals surface area contributed by atoms with Crippen molar-refractivity contribution in [3.05, 3.63) is 18.7 Å². The van der Waals surface area contributed by atoms with E-state index in [1.54, 1.807) is 12.5 Å². The van der Waals surface area contributed by atoms with E-state index in [9.17, 15) is 9.90 Å². The van der Waals surface area contributed by atoms with Crippen molar-refractivity contribution in [3.63, 3.8) is 0 Å². The molecule has 1 aliphatic rings. The van der Waals surface area contributed by atoms with Gasteiger partial charge in [0.2, 0.25) is 0 Å². The molecule has 1 aromatic rings. The molecule has 0 aromatic carbocycles. The van der Waals surface area contributed by atoms with E-state index in [-0.39, 0.29) is 6.03 Å². The van der Waals surface area contributed by atoms with Crippen molar-refractivity contribution >= 4 is 6.03 Å². The summed E-state index contributed by atoms with van der Waals surface area (Å²) >= 11 is 0. The van der Waals surface area contributed by atoms with Crippen molar-refractivity contribution in [1.29, 1.82) is 0 Å². The molecule has 0 unspecified atom stereocenters. The Balaban J connectivity index is 1.61. The first-order chi connectivity index (χ1) is 11.3. The fourth-order valence-corrected chi connectivity index (χ4v) is 3.39. The van der Waals surface area contributed by atoms with Crippen molar-refractivity contribution in [3.8, 4) is 0 Å². The minimum absolute atomic E-state index is 0.202. The van der Waals surface area contributed by atoms with Gasteiger partial charge >= 0.3 is 6.03 Å². The highest BCUT2D eigenvalue weighted by atomic mass is 16.3. The Kier molecular flexibility index (Phi) is 6.27. The van der Waals surface area contributed by atoms with E-state index in [1.807, 2.05) is 10.8 Å². The maximum Gasteiger partial charge on any atom is 0.314 e. The van der Waals surface area contributed by atoms with Crippen LogP contribution in [0.15, 0.2) is 18.7 Å². The van der Waals surface area contributed by atoms with Gasteiger partial charge in [-0.3, -0.25) is 0 Å². The first kappa shape index (κ1) is 18.8. The zero-order valence-corrected chi connectivity index (χ0v) is 15.2. The SMILES string of the molecule is CC(C)(C)C1CCC(O)(CNC(=O)NCCCn2ccnc2)CC1. The third kappa shape index (κ3) is 5.82. The molecule has 1 saturated carbocycles. The van der Waals surface area contributed by atoms with Crippen LogP contribution in [0, 0.1) is 11.3 Å². The molecule has 6 heteroatoms. The van der Waals surface area contributed by atoms with Gasteiger partial charge in [0.1, 0.15) is 0 Å². The number of rotatable bonds is 6. The van der Waals surface area contributed by atoms with E-state index >= 15 is 0 Å². The van der Waals surface area contributed by atoms with Crippen LogP contribution in [0.4, 0.5) is 4.79 Å². The van der Waals surface area contributed by atoms with Crippen molar-refractivity contribution in [2.75, 3.05) is 13.1 Å². The molecule has 0 aliphatic heterocycles. The molecule has 1 heterocycles. The summed E-state index contributed by atoms with van der Waals surface area (Å²) in [5.74, 6) is 0.648. The number of aromatic nitrogens is 2. The number of hydrogen-bond donors (Lipinski definition) is 3. The second-order valence-electron chi connectivity index (χ2n) is 8.13. The van der Waals surface area contributed by atoms with Crippen LogP contribution in [0.1, 0.15) is 52.9 Å². The molecule has 1 aromatic heterocycles. The summed E-state index contributed by atoms with van der Waals surface area (Å²) in [5.41, 5.74) is -0.461. The zero-order valence-electron chi connectivity index (χ0n) is 15.2. The van der Waals surface area contributed by atoms with Crippen LogP contribution in [0.2, 0.25) is 0 Å². The van der Waals surface area contributed by atoms with E-state index < -0.39 is 5.60 Å². The Morgan fingerprint density at radius 3 is 2.62 bits per heavy atom. The summed E-state index contributed by atoms with van der Waals surface area (Å²) in [4.78, 5) is 15.8. The topological polar surface area (TPSA) is 79.2 Å². The summed E-state index contributed by atoms with van der Waals surface area (Å²) in [6.07, 6.45) is 9.83. The van der Waals surface area contributed by atoms with Gasteiger partial charge in [-0.1, -0.05) is 20.8 Å². The van der Waals surface area contributed by atoms with Gasteiger partial charge in [0.15, 0.2) is 0 Å². The summed E-state index contributed by atoms with van der Waals surface area (Å²) in [6, 6.07) is -0.202. The maximum absolute atomic E-state index is 11.9. The molecule has 3 N–H and O–H groups in total. The molecule has 2 amide bonds. The van der Waals surface area contributed by atoms with E-state index in [2.05, 4.69) is 36.4 Å². The molecular weight excluding hydrogens is 304 g/mol. The van der Waals surface area contributed by atoms with Gasteiger partial charge in [0.05, 0.1) is 11.9 Å². The third-order valence-electron chi connectivity index (χ3n) is 5.16. The summed E-state index contributed by atoms with van der Waals surface area (Å²) in [6.45, 7) is 8.55. The fraction of sp³-hybridized carbons (Fsp3) is 0.778. The Bertz CT molecular complexity index is 500. The highest BCUT2D eigenvalue weighted by molar-refractivity contribution is 5.73. The predicted molar refractivity (Wildman–Crippen MR) is 94.6 cm³/mol. The van der Waals surface area contributed by atoms with Crippen LogP contribution < -0.4 is 10.6 Å². The standard InChI is InChI=1S/C18H32N4O2/c1-17(2,3)15-5-7-18(24,8-6-15)13-21-16(23)20-9-4-11-22-12-10-19-14-22/h10,12,14-15,24H,4-9,11,13H2,1-3H3,(H2,20,21,23). The fourth-order valence-electron chi connectivity index (χ4n) is 3.39. The smallest absolute Gasteiger partial charge is 0.314 e. The average molecular weight is 336 g/mol. The minimum atomic E-state index is -0.754. The highest BCUT2D eigenvalue weighted by Gasteiger charge is 2.37. The second-order valence-corrected chi connectivity index (χ2v) is 8.13. The molecular formula is C18H32N4O2. The van der Waals surface area contributed by atoms with Gasteiger partial charge in [0.25, 0.3) is 0 Å². The molecule has 0 atom stereocenters. The maximum atomic E-state index is 11.9. The molecule has 2 rings (SSSR count). The summed E-state index contributed by atoms with van der Waals surface area (Å²) in [7, 11) is 0. The lowest BCUT2D eigenvalue weighted by molar-refractivity contribution is -0.0218. The van der Waals surface area contributed by atoms with Crippen molar-refractivity contribution in [1.82, 2.24) is 20.2 Å². The number of aryl methyl sites for hydroxylation is 1. The number of urea groups is 1. The lowest BCUT2D eigenvalue weighted by Crippen LogP contribution is -2.49. The van der Waals surface area contributed by atoms with Crippen LogP contribution in [0.5, 0.6) is 0 Å². The Labute approximate surface area is 145 Å². The van der Waals surface area contributed by atoms with Gasteiger partial charge < -0.3 is 20.3 Å². The first-order valence-corrected chi connectivity index (χ1v) is 8.98. The number of nitrogens with zero attached hydrogens (tertiary/aromatic N) is 2. The quantitative estimate of drug-likeness (QED) is 0.699. The van der Waals surface area contributed by atoms with E-state index in [4.69, 9.17) is 0 Å². The molecule has 0 bridgehead atoms. The Hall–Kier alpha value is -1.56. The molecule has 1 aliphatic carbocycles. The zero-order chi connectivity index (χ0) is 17.6. The molecule has 0 radical (unpaired) electrons. The minimum Gasteiger partial charge on any atom is -0.388 e. The second kappa shape index (κ2) is 8.01. The van der Waals surface area contributed by atoms with Crippen LogP contribution in [0.3, 0.4) is 0 Å². The number of nitrogens with one attached hydrogen (secondary N) is 2. The summed E-state index contributed by atoms with van der Waals surface area (Å²) in [5, 5.41) is 16.3. The van der Waals surface area contributed by atoms with Gasteiger partial charge in [-0.25, -0.2) is 9.78 Å². The van der Waals surface area contributed by atoms with Gasteiger partial charge in [0, 0.05) is 32.0 Å². The molecule has 0 saturated heterocycles. The lowest BCUT2D eigenvalue weighted by Gasteiger charge is -2.41. The molecule has 0 spiro atoms. The van der Waals surface area contributed by atoms with Crippen LogP contribution in [0.25, 0.3) is 0 Å². The Morgan fingerprint density at radius 2 is 2.04 bits per heavy atom. The van der Waals surface area contributed by atoms with E-state index in [0.29, 0.717) is 24.4 Å². The molecule has 136 valence electrons. The Morgan fingerprint density at radius 1 is 1.33 bits per heavy atom. The number of amides is 2. The normalized spacial score (nSPS) is 24.6. The molecule has 6 nitrogen and oxygen atoms in total. The van der Waals surface area contributed by atoms with Crippen molar-refractivity contribution in [2.24, 2.45) is 11.3 Å². The molecule has 1 fully saturated rings. The van der Waals surface area contributed by atoms with E-state index in [0.717, 1.165) is 38.6 Å². The van der Waals surface area contributed by atoms with E-state index in [1.165, 1.54) is 0 Å². The van der Waals surface area contributed by atoms with Crippen molar-refractivity contribution < 1.29 is 9.90 Å². The van der Waals surface area contributed by atoms with Crippen LogP contribution >= 0.6 is 0 Å². The van der Waals surface area contributed by atoms with Crippen LogP contribution in [-0.4, -0.2) is 39.4 Å². The number of hydrogen-bond acceptors (Lipinski definition) is 3.